The van der Waals surface area contributed by atoms with E-state index in [-0.39, 0.29) is 52.8 Å². The Morgan fingerprint density at radius 3 is 2.34 bits per heavy atom. The lowest BCUT2D eigenvalue weighted by molar-refractivity contribution is -0.263. The number of benzene rings is 1. The van der Waals surface area contributed by atoms with E-state index in [1.807, 2.05) is 0 Å². The molecule has 0 amide bonds. The molecule has 4 aliphatic carbocycles. The summed E-state index contributed by atoms with van der Waals surface area (Å²) in [5.41, 5.74) is 0.349. The molecule has 0 unspecified atom stereocenters. The van der Waals surface area contributed by atoms with Crippen molar-refractivity contribution in [2.24, 2.45) is 56.7 Å². The second-order valence-electron chi connectivity index (χ2n) is 20.0. The third kappa shape index (κ3) is 6.33. The smallest absolute Gasteiger partial charge is 0.320 e. The fraction of sp³-hybridized carbons (Fsp3) is 0.761. The Bertz CT molecular complexity index is 1740. The normalized spacial score (nSPS) is 40.3. The average molecular weight is 780 g/mol. The number of methoxy groups -OCH3 is 1. The predicted molar refractivity (Wildman–Crippen MR) is 210 cm³/mol. The first-order chi connectivity index (χ1) is 26.3. The van der Waals surface area contributed by atoms with Gasteiger partial charge in [-0.2, -0.15) is 0 Å². The molecular formula is C46H66FNO8. The first kappa shape index (κ1) is 41.2. The van der Waals surface area contributed by atoms with Crippen LogP contribution in [0.3, 0.4) is 0 Å². The molecule has 2 heterocycles. The Morgan fingerprint density at radius 2 is 1.70 bits per heavy atom. The molecular weight excluding hydrogens is 714 g/mol. The lowest BCUT2D eigenvalue weighted by Gasteiger charge is -2.71. The van der Waals surface area contributed by atoms with Gasteiger partial charge >= 0.3 is 17.9 Å². The number of esters is 2. The Kier molecular flexibility index (Phi) is 10.8. The first-order valence-corrected chi connectivity index (χ1v) is 21.3. The van der Waals surface area contributed by atoms with Crippen LogP contribution in [0.1, 0.15) is 118 Å². The topological polar surface area (TPSA) is 112 Å². The second kappa shape index (κ2) is 14.7. The van der Waals surface area contributed by atoms with E-state index in [1.54, 1.807) is 13.2 Å². The van der Waals surface area contributed by atoms with Crippen LogP contribution in [-0.4, -0.2) is 80.1 Å². The van der Waals surface area contributed by atoms with Gasteiger partial charge in [0.1, 0.15) is 23.8 Å². The van der Waals surface area contributed by atoms with E-state index in [4.69, 9.17) is 18.9 Å². The molecule has 2 saturated heterocycles. The minimum Gasteiger partial charge on any atom is -0.496 e. The third-order valence-electron chi connectivity index (χ3n) is 17.2. The summed E-state index contributed by atoms with van der Waals surface area (Å²) in [5.74, 6) is -0.489. The first-order valence-electron chi connectivity index (χ1n) is 21.3. The molecule has 10 heteroatoms. The summed E-state index contributed by atoms with van der Waals surface area (Å²) in [5, 5.41) is 11.0. The zero-order chi connectivity index (χ0) is 40.6. The van der Waals surface area contributed by atoms with Crippen molar-refractivity contribution in [3.8, 4) is 5.75 Å². The number of allylic oxidation sites excluding steroid dienone is 1. The van der Waals surface area contributed by atoms with Crippen molar-refractivity contribution in [3.63, 3.8) is 0 Å². The molecule has 0 spiro atoms. The zero-order valence-electron chi connectivity index (χ0n) is 35.3. The predicted octanol–water partition coefficient (Wildman–Crippen LogP) is 8.45. The number of hydrogen-bond donors (Lipinski definition) is 1. The number of carbonyl (C=O) groups is 3. The number of carbonyl (C=O) groups excluding carboxylic acids is 2. The van der Waals surface area contributed by atoms with Gasteiger partial charge in [-0.25, -0.2) is 4.39 Å². The van der Waals surface area contributed by atoms with Crippen molar-refractivity contribution < 1.29 is 42.8 Å². The zero-order valence-corrected chi connectivity index (χ0v) is 35.3. The Morgan fingerprint density at radius 1 is 0.982 bits per heavy atom. The minimum absolute atomic E-state index is 0.132. The van der Waals surface area contributed by atoms with Gasteiger partial charge in [-0.1, -0.05) is 66.2 Å². The molecule has 7 rings (SSSR count). The summed E-state index contributed by atoms with van der Waals surface area (Å²) in [6.45, 7) is 19.6. The third-order valence-corrected chi connectivity index (χ3v) is 17.2. The Balaban J connectivity index is 1.13. The highest BCUT2D eigenvalue weighted by atomic mass is 19.1. The van der Waals surface area contributed by atoms with Gasteiger partial charge in [0.05, 0.1) is 32.8 Å². The number of ether oxygens (including phenoxy) is 4. The number of carboxylic acid groups (broad SMARTS) is 1. The maximum Gasteiger partial charge on any atom is 0.320 e. The molecule has 1 aromatic rings. The highest BCUT2D eigenvalue weighted by Gasteiger charge is 2.72. The van der Waals surface area contributed by atoms with Crippen LogP contribution in [0.5, 0.6) is 5.75 Å². The molecule has 9 nitrogen and oxygen atoms in total. The van der Waals surface area contributed by atoms with Gasteiger partial charge in [-0.15, -0.1) is 0 Å². The standard InChI is InChI=1S/C46H66FNO8/c1-27(2)28(3)42(5)18-19-44(7)33-12-13-37-43(6)25-54-26-46(37,34(33)14-17-45(44,8)39(42)41(51)52)23-36(55-29(4)49)40(43)56-38(50)24-48-20-15-30(16-21-48)32-11-10-31(47)22-35(32)53-9/h10-11,14,22,27-28,30,33,36-37,39-40H,12-13,15-21,23-26H2,1-9H3,(H,51,52)/t28-,33+,36-,37+,39-,40+,42-,43+,44-,45+,46+/m1/s1. The number of carboxylic acids is 1. The molecule has 310 valence electrons. The monoisotopic (exact) mass is 779 g/mol. The lowest BCUT2D eigenvalue weighted by atomic mass is 9.34. The fourth-order valence-corrected chi connectivity index (χ4v) is 13.9. The van der Waals surface area contributed by atoms with Crippen LogP contribution < -0.4 is 4.74 Å². The van der Waals surface area contributed by atoms with Gasteiger partial charge in [0.25, 0.3) is 0 Å². The van der Waals surface area contributed by atoms with E-state index in [9.17, 15) is 23.9 Å². The number of rotatable bonds is 9. The van der Waals surface area contributed by atoms with Crippen LogP contribution in [0.25, 0.3) is 0 Å². The molecule has 0 radical (unpaired) electrons. The molecule has 6 aliphatic rings. The van der Waals surface area contributed by atoms with E-state index in [0.29, 0.717) is 50.8 Å². The Labute approximate surface area is 333 Å². The van der Waals surface area contributed by atoms with Crippen molar-refractivity contribution in [2.45, 2.75) is 125 Å². The number of halogens is 1. The molecule has 2 bridgehead atoms. The summed E-state index contributed by atoms with van der Waals surface area (Å²) >= 11 is 0. The maximum absolute atomic E-state index is 13.9. The number of hydrogen-bond acceptors (Lipinski definition) is 8. The maximum atomic E-state index is 13.9. The molecule has 11 atom stereocenters. The van der Waals surface area contributed by atoms with Gasteiger partial charge in [0, 0.05) is 23.8 Å². The van der Waals surface area contributed by atoms with Crippen LogP contribution in [0, 0.1) is 62.5 Å². The number of aliphatic carboxylic acids is 1. The molecule has 3 saturated carbocycles. The number of nitrogens with zero attached hydrogens (tertiary/aromatic N) is 1. The largest absolute Gasteiger partial charge is 0.496 e. The van der Waals surface area contributed by atoms with Crippen LogP contribution in [-0.2, 0) is 28.6 Å². The average Bonchev–Trinajstić information content (AvgIpc) is 3.13. The molecule has 0 aromatic heterocycles. The van der Waals surface area contributed by atoms with E-state index >= 15 is 0 Å². The quantitative estimate of drug-likeness (QED) is 0.195. The van der Waals surface area contributed by atoms with E-state index < -0.39 is 46.3 Å². The van der Waals surface area contributed by atoms with Crippen LogP contribution in [0.2, 0.25) is 0 Å². The lowest BCUT2D eigenvalue weighted by Crippen LogP contribution is -2.70. The summed E-state index contributed by atoms with van der Waals surface area (Å²) in [6, 6.07) is 4.70. The number of piperidine rings is 1. The highest BCUT2D eigenvalue weighted by Crippen LogP contribution is 2.75. The molecule has 56 heavy (non-hydrogen) atoms. The Hall–Kier alpha value is -2.98. The van der Waals surface area contributed by atoms with Gasteiger partial charge in [-0.05, 0) is 122 Å². The minimum atomic E-state index is -0.680. The molecule has 1 N–H and O–H groups in total. The van der Waals surface area contributed by atoms with Crippen LogP contribution in [0.4, 0.5) is 4.39 Å². The summed E-state index contributed by atoms with van der Waals surface area (Å²) in [4.78, 5) is 42.2. The summed E-state index contributed by atoms with van der Waals surface area (Å²) < 4.78 is 38.6. The second-order valence-corrected chi connectivity index (χ2v) is 20.0. The highest BCUT2D eigenvalue weighted by molar-refractivity contribution is 5.73. The SMILES string of the molecule is COc1cc(F)ccc1C1CCN(CC(=O)O[C@H]2[C@H](OC(C)=O)C[C@@]34COC[C@@]2(C)[C@@H]3CC[C@H]2C4=CC[C@@]3(C)[C@H](C(=O)O)[C@@](C)([C@H](C)C(C)C)CC[C@]23C)CC1. The molecule has 1 aromatic carbocycles. The van der Waals surface area contributed by atoms with Crippen LogP contribution in [0.15, 0.2) is 29.8 Å². The van der Waals surface area contributed by atoms with E-state index in [2.05, 4.69) is 59.4 Å². The molecule has 2 aliphatic heterocycles. The van der Waals surface area contributed by atoms with Gasteiger partial charge < -0.3 is 24.1 Å². The van der Waals surface area contributed by atoms with Crippen molar-refractivity contribution >= 4 is 17.9 Å². The van der Waals surface area contributed by atoms with E-state index in [1.165, 1.54) is 24.6 Å². The molecule has 5 fully saturated rings. The van der Waals surface area contributed by atoms with Crippen molar-refractivity contribution in [1.29, 1.82) is 0 Å². The fourth-order valence-electron chi connectivity index (χ4n) is 13.9. The van der Waals surface area contributed by atoms with E-state index in [0.717, 1.165) is 44.1 Å². The van der Waals surface area contributed by atoms with Gasteiger partial charge in [0.15, 0.2) is 0 Å². The van der Waals surface area contributed by atoms with Crippen molar-refractivity contribution in [2.75, 3.05) is 40.0 Å². The van der Waals surface area contributed by atoms with Gasteiger partial charge in [-0.3, -0.25) is 19.3 Å². The number of fused-ring (bicyclic) bond motifs is 3. The summed E-state index contributed by atoms with van der Waals surface area (Å²) in [7, 11) is 1.56. The summed E-state index contributed by atoms with van der Waals surface area (Å²) in [6.07, 6.45) is 7.58. The number of likely N-dealkylation sites (tertiary alicyclic amines) is 1. The van der Waals surface area contributed by atoms with Crippen molar-refractivity contribution in [3.05, 3.63) is 41.2 Å². The van der Waals surface area contributed by atoms with Crippen LogP contribution >= 0.6 is 0 Å². The van der Waals surface area contributed by atoms with Gasteiger partial charge in [0.2, 0.25) is 0 Å². The van der Waals surface area contributed by atoms with Crippen molar-refractivity contribution in [1.82, 2.24) is 4.90 Å².